The average Bonchev–Trinajstić information content (AvgIpc) is 2.38. The minimum Gasteiger partial charge on any atom is -0.398 e. The molecule has 2 rings (SSSR count). The Balaban J connectivity index is 2.33. The summed E-state index contributed by atoms with van der Waals surface area (Å²) in [5.74, 6) is -1.45. The summed E-state index contributed by atoms with van der Waals surface area (Å²) in [5.41, 5.74) is 12.8. The Bertz CT molecular complexity index is 643. The van der Waals surface area contributed by atoms with Crippen LogP contribution in [-0.2, 0) is 0 Å². The van der Waals surface area contributed by atoms with E-state index in [-0.39, 0.29) is 11.6 Å². The molecular weight excluding hydrogens is 257 g/mol. The summed E-state index contributed by atoms with van der Waals surface area (Å²) >= 11 is 0. The second-order valence-electron chi connectivity index (χ2n) is 4.52. The number of rotatable bonds is 4. The van der Waals surface area contributed by atoms with Gasteiger partial charge in [0, 0.05) is 5.69 Å². The summed E-state index contributed by atoms with van der Waals surface area (Å²) in [6.45, 7) is 1.88. The van der Waals surface area contributed by atoms with Gasteiger partial charge in [0.15, 0.2) is 0 Å². The van der Waals surface area contributed by atoms with Gasteiger partial charge in [0.05, 0.1) is 17.3 Å². The van der Waals surface area contributed by atoms with Gasteiger partial charge in [-0.25, -0.2) is 4.39 Å². The maximum absolute atomic E-state index is 13.7. The van der Waals surface area contributed by atoms with Gasteiger partial charge in [0.1, 0.15) is 5.82 Å². The lowest BCUT2D eigenvalue weighted by Crippen LogP contribution is -2.18. The fourth-order valence-electron chi connectivity index (χ4n) is 2.11. The molecule has 20 heavy (non-hydrogen) atoms. The number of benzene rings is 2. The topological polar surface area (TPSA) is 81.1 Å². The SMILES string of the molecule is CC(Nc1cccc(F)c1C(N)=O)c1ccccc1N. The van der Waals surface area contributed by atoms with Crippen molar-refractivity contribution in [3.05, 3.63) is 59.4 Å². The summed E-state index contributed by atoms with van der Waals surface area (Å²) in [6, 6.07) is 11.5. The number of anilines is 2. The quantitative estimate of drug-likeness (QED) is 0.749. The molecule has 0 aliphatic heterocycles. The van der Waals surface area contributed by atoms with Crippen LogP contribution in [0.5, 0.6) is 0 Å². The van der Waals surface area contributed by atoms with Gasteiger partial charge in [0.2, 0.25) is 0 Å². The van der Waals surface area contributed by atoms with Crippen LogP contribution in [0.15, 0.2) is 42.5 Å². The lowest BCUT2D eigenvalue weighted by Gasteiger charge is -2.19. The molecule has 0 aliphatic rings. The molecule has 1 amide bonds. The summed E-state index contributed by atoms with van der Waals surface area (Å²) < 4.78 is 13.7. The van der Waals surface area contributed by atoms with Gasteiger partial charge >= 0.3 is 0 Å². The number of hydrogen-bond acceptors (Lipinski definition) is 3. The first kappa shape index (κ1) is 13.9. The van der Waals surface area contributed by atoms with Crippen LogP contribution in [0.3, 0.4) is 0 Å². The van der Waals surface area contributed by atoms with Crippen LogP contribution in [0.25, 0.3) is 0 Å². The highest BCUT2D eigenvalue weighted by Crippen LogP contribution is 2.26. The smallest absolute Gasteiger partial charge is 0.253 e. The number of carbonyl (C=O) groups is 1. The summed E-state index contributed by atoms with van der Waals surface area (Å²) in [6.07, 6.45) is 0. The largest absolute Gasteiger partial charge is 0.398 e. The van der Waals surface area contributed by atoms with Gasteiger partial charge in [-0.15, -0.1) is 0 Å². The van der Waals surface area contributed by atoms with Crippen molar-refractivity contribution < 1.29 is 9.18 Å². The third kappa shape index (κ3) is 2.71. The maximum Gasteiger partial charge on any atom is 0.253 e. The number of nitrogen functional groups attached to an aromatic ring is 1. The summed E-state index contributed by atoms with van der Waals surface area (Å²) in [7, 11) is 0. The van der Waals surface area contributed by atoms with E-state index in [9.17, 15) is 9.18 Å². The van der Waals surface area contributed by atoms with Gasteiger partial charge in [-0.3, -0.25) is 4.79 Å². The molecule has 2 aromatic carbocycles. The maximum atomic E-state index is 13.7. The molecule has 5 heteroatoms. The van der Waals surface area contributed by atoms with Gasteiger partial charge in [-0.05, 0) is 30.7 Å². The first-order valence-electron chi connectivity index (χ1n) is 6.20. The molecule has 0 bridgehead atoms. The average molecular weight is 273 g/mol. The van der Waals surface area contributed by atoms with Crippen molar-refractivity contribution >= 4 is 17.3 Å². The zero-order valence-corrected chi connectivity index (χ0v) is 11.1. The molecule has 5 N–H and O–H groups in total. The van der Waals surface area contributed by atoms with Crippen molar-refractivity contribution in [1.29, 1.82) is 0 Å². The van der Waals surface area contributed by atoms with Crippen molar-refractivity contribution in [1.82, 2.24) is 0 Å². The number of halogens is 1. The zero-order valence-electron chi connectivity index (χ0n) is 11.1. The van der Waals surface area contributed by atoms with E-state index in [1.54, 1.807) is 12.1 Å². The molecule has 1 unspecified atom stereocenters. The van der Waals surface area contributed by atoms with Crippen LogP contribution >= 0.6 is 0 Å². The molecule has 0 saturated carbocycles. The van der Waals surface area contributed by atoms with E-state index >= 15 is 0 Å². The highest BCUT2D eigenvalue weighted by Gasteiger charge is 2.16. The Morgan fingerprint density at radius 2 is 1.90 bits per heavy atom. The Morgan fingerprint density at radius 1 is 1.20 bits per heavy atom. The van der Waals surface area contributed by atoms with E-state index in [1.807, 2.05) is 25.1 Å². The summed E-state index contributed by atoms with van der Waals surface area (Å²) in [5, 5.41) is 3.07. The molecule has 0 aromatic heterocycles. The fraction of sp³-hybridized carbons (Fsp3) is 0.133. The number of nitrogens with two attached hydrogens (primary N) is 2. The predicted molar refractivity (Wildman–Crippen MR) is 77.8 cm³/mol. The van der Waals surface area contributed by atoms with Crippen molar-refractivity contribution in [3.63, 3.8) is 0 Å². The molecule has 2 aromatic rings. The van der Waals surface area contributed by atoms with Crippen molar-refractivity contribution in [2.24, 2.45) is 5.73 Å². The van der Waals surface area contributed by atoms with Crippen LogP contribution in [0.1, 0.15) is 28.9 Å². The highest BCUT2D eigenvalue weighted by molar-refractivity contribution is 5.98. The third-order valence-electron chi connectivity index (χ3n) is 3.09. The monoisotopic (exact) mass is 273 g/mol. The van der Waals surface area contributed by atoms with Crippen molar-refractivity contribution in [3.8, 4) is 0 Å². The van der Waals surface area contributed by atoms with E-state index in [1.165, 1.54) is 12.1 Å². The van der Waals surface area contributed by atoms with Crippen LogP contribution in [0.2, 0.25) is 0 Å². The Kier molecular flexibility index (Phi) is 3.89. The van der Waals surface area contributed by atoms with E-state index in [0.717, 1.165) is 5.56 Å². The Labute approximate surface area is 116 Å². The van der Waals surface area contributed by atoms with Crippen LogP contribution in [0.4, 0.5) is 15.8 Å². The molecular formula is C15H16FN3O. The van der Waals surface area contributed by atoms with E-state index in [2.05, 4.69) is 5.32 Å². The number of carbonyl (C=O) groups excluding carboxylic acids is 1. The fourth-order valence-corrected chi connectivity index (χ4v) is 2.11. The van der Waals surface area contributed by atoms with Gasteiger partial charge < -0.3 is 16.8 Å². The lowest BCUT2D eigenvalue weighted by molar-refractivity contribution is 0.0997. The molecule has 1 atom stereocenters. The number of primary amides is 1. The Morgan fingerprint density at radius 3 is 2.55 bits per heavy atom. The first-order valence-corrected chi connectivity index (χ1v) is 6.20. The molecule has 4 nitrogen and oxygen atoms in total. The minimum atomic E-state index is -0.807. The molecule has 0 radical (unpaired) electrons. The van der Waals surface area contributed by atoms with E-state index in [4.69, 9.17) is 11.5 Å². The van der Waals surface area contributed by atoms with Crippen molar-refractivity contribution in [2.45, 2.75) is 13.0 Å². The molecule has 0 heterocycles. The van der Waals surface area contributed by atoms with E-state index < -0.39 is 11.7 Å². The molecule has 0 fully saturated rings. The normalized spacial score (nSPS) is 11.9. The number of amides is 1. The molecule has 0 spiro atoms. The van der Waals surface area contributed by atoms with Crippen LogP contribution in [-0.4, -0.2) is 5.91 Å². The standard InChI is InChI=1S/C15H16FN3O/c1-9(10-5-2-3-7-12(10)17)19-13-8-4-6-11(16)14(13)15(18)20/h2-9,19H,17H2,1H3,(H2,18,20). The van der Waals surface area contributed by atoms with Gasteiger partial charge in [-0.1, -0.05) is 24.3 Å². The summed E-state index contributed by atoms with van der Waals surface area (Å²) in [4.78, 5) is 11.3. The Hall–Kier alpha value is -2.56. The minimum absolute atomic E-state index is 0.145. The number of hydrogen-bond donors (Lipinski definition) is 3. The third-order valence-corrected chi connectivity index (χ3v) is 3.09. The highest BCUT2D eigenvalue weighted by atomic mass is 19.1. The van der Waals surface area contributed by atoms with Gasteiger partial charge in [-0.2, -0.15) is 0 Å². The van der Waals surface area contributed by atoms with Gasteiger partial charge in [0.25, 0.3) is 5.91 Å². The molecule has 0 aliphatic carbocycles. The molecule has 0 saturated heterocycles. The number of para-hydroxylation sites is 1. The van der Waals surface area contributed by atoms with E-state index in [0.29, 0.717) is 11.4 Å². The van der Waals surface area contributed by atoms with Crippen LogP contribution in [0, 0.1) is 5.82 Å². The van der Waals surface area contributed by atoms with Crippen LogP contribution < -0.4 is 16.8 Å². The zero-order chi connectivity index (χ0) is 14.7. The number of nitrogens with one attached hydrogen (secondary N) is 1. The predicted octanol–water partition coefficient (Wildman–Crippen LogP) is 2.68. The van der Waals surface area contributed by atoms with Crippen molar-refractivity contribution in [2.75, 3.05) is 11.1 Å². The second-order valence-corrected chi connectivity index (χ2v) is 4.52. The second kappa shape index (κ2) is 5.61. The lowest BCUT2D eigenvalue weighted by atomic mass is 10.0. The first-order chi connectivity index (χ1) is 9.50. The molecule has 104 valence electrons.